The highest BCUT2D eigenvalue weighted by atomic mass is 35.5. The van der Waals surface area contributed by atoms with Gasteiger partial charge in [0.25, 0.3) is 0 Å². The van der Waals surface area contributed by atoms with Gasteiger partial charge in [-0.2, -0.15) is 0 Å². The van der Waals surface area contributed by atoms with E-state index in [9.17, 15) is 0 Å². The van der Waals surface area contributed by atoms with E-state index in [0.29, 0.717) is 0 Å². The zero-order chi connectivity index (χ0) is 45.3. The monoisotopic (exact) mass is 898 g/mol. The minimum absolute atomic E-state index is 0.206. The van der Waals surface area contributed by atoms with Crippen molar-refractivity contribution in [3.05, 3.63) is 173 Å². The van der Waals surface area contributed by atoms with Crippen molar-refractivity contribution in [3.8, 4) is 0 Å². The van der Waals surface area contributed by atoms with Crippen LogP contribution in [-0.4, -0.2) is 99.0 Å². The van der Waals surface area contributed by atoms with Crippen molar-refractivity contribution in [2.24, 2.45) is 5.92 Å². The summed E-state index contributed by atoms with van der Waals surface area (Å²) in [4.78, 5) is 27.2. The van der Waals surface area contributed by atoms with Gasteiger partial charge >= 0.3 is 0 Å². The average molecular weight is 899 g/mol. The number of unbranched alkanes of at least 4 members (excludes halogenated alkanes) is 6. The number of likely N-dealkylation sites (tertiary alicyclic amines) is 1. The van der Waals surface area contributed by atoms with Gasteiger partial charge in [0.15, 0.2) is 0 Å². The van der Waals surface area contributed by atoms with Crippen LogP contribution >= 0.6 is 11.6 Å². The number of benzene rings is 2. The van der Waals surface area contributed by atoms with Gasteiger partial charge in [0, 0.05) is 67.9 Å². The summed E-state index contributed by atoms with van der Waals surface area (Å²) >= 11 is 6.03. The quantitative estimate of drug-likeness (QED) is 0.0658. The van der Waals surface area contributed by atoms with Gasteiger partial charge in [0.1, 0.15) is 0 Å². The second-order valence-corrected chi connectivity index (χ2v) is 18.5. The molecule has 8 rings (SSSR count). The van der Waals surface area contributed by atoms with Crippen LogP contribution in [0.4, 0.5) is 0 Å². The maximum atomic E-state index is 6.03. The van der Waals surface area contributed by atoms with Gasteiger partial charge in [0.05, 0.1) is 29.8 Å². The van der Waals surface area contributed by atoms with E-state index in [1.54, 1.807) is 6.33 Å². The van der Waals surface area contributed by atoms with Crippen LogP contribution in [0.2, 0.25) is 5.02 Å². The van der Waals surface area contributed by atoms with E-state index in [4.69, 9.17) is 11.6 Å². The van der Waals surface area contributed by atoms with Crippen LogP contribution in [0.3, 0.4) is 0 Å². The first-order valence-electron chi connectivity index (χ1n) is 24.6. The molecule has 4 aromatic heterocycles. The van der Waals surface area contributed by atoms with Crippen molar-refractivity contribution in [1.82, 2.24) is 44.9 Å². The van der Waals surface area contributed by atoms with E-state index in [0.717, 1.165) is 68.0 Å². The number of pyridine rings is 2. The number of hydrogen-bond acceptors (Lipinski definition) is 7. The number of aromatic amines is 2. The standard InChI is InChI=1S/C22H26N4.C17H20ClN3.C16H30N2/c1-17-5-7-19(8-6-17)22(21-4-2-3-11-24-21)26-12-9-18(10-13-26)14-20-15-23-16-25-20;1-20-10-12-21(13-11-20)17(16-4-2-3-9-19-16)14-5-7-15(18)8-6-14;1-2-3-4-5-6-8-12-17-13-9-7-10-16-11-14-18-15-16/h2-8,11,15-16,18,22H,9-10,12-14H2,1H3,(H,23,25);2-9,17H,10-13H2,1H3;11,14-15,17-18H,2-10,12-13H2,1H3. The number of likely N-dealkylation sites (N-methyl/N-ethyl adjacent to an activating group) is 1. The summed E-state index contributed by atoms with van der Waals surface area (Å²) in [6.07, 6.45) is 27.3. The molecule has 6 aromatic rings. The third-order valence-electron chi connectivity index (χ3n) is 12.9. The number of H-pyrrole nitrogens is 2. The molecule has 2 saturated heterocycles. The van der Waals surface area contributed by atoms with Crippen LogP contribution in [0.25, 0.3) is 0 Å². The smallest absolute Gasteiger partial charge is 0.0921 e. The Morgan fingerprint density at radius 2 is 1.29 bits per heavy atom. The number of hydrogen-bond donors (Lipinski definition) is 3. The van der Waals surface area contributed by atoms with E-state index >= 15 is 0 Å². The van der Waals surface area contributed by atoms with Crippen molar-refractivity contribution in [2.75, 3.05) is 59.4 Å². The average Bonchev–Trinajstić information content (AvgIpc) is 4.07. The summed E-state index contributed by atoms with van der Waals surface area (Å²) in [5.74, 6) is 0.731. The third kappa shape index (κ3) is 17.3. The normalized spacial score (nSPS) is 15.9. The van der Waals surface area contributed by atoms with E-state index in [2.05, 4.69) is 139 Å². The van der Waals surface area contributed by atoms with Gasteiger partial charge in [-0.15, -0.1) is 0 Å². The Kier molecular flexibility index (Phi) is 21.8. The molecular weight excluding hydrogens is 822 g/mol. The summed E-state index contributed by atoms with van der Waals surface area (Å²) in [6.45, 7) is 13.3. The number of piperazine rings is 1. The number of rotatable bonds is 20. The van der Waals surface area contributed by atoms with Crippen molar-refractivity contribution >= 4 is 11.6 Å². The van der Waals surface area contributed by atoms with Crippen LogP contribution in [0.1, 0.15) is 123 Å². The van der Waals surface area contributed by atoms with Gasteiger partial charge in [-0.3, -0.25) is 19.8 Å². The Bertz CT molecular complexity index is 2060. The Balaban J connectivity index is 0.000000165. The zero-order valence-electron chi connectivity index (χ0n) is 39.6. The van der Waals surface area contributed by atoms with Gasteiger partial charge in [-0.1, -0.05) is 105 Å². The molecule has 2 fully saturated rings. The Morgan fingerprint density at radius 1 is 0.692 bits per heavy atom. The molecule has 0 saturated carbocycles. The molecule has 9 nitrogen and oxygen atoms in total. The summed E-state index contributed by atoms with van der Waals surface area (Å²) in [7, 11) is 2.18. The highest BCUT2D eigenvalue weighted by molar-refractivity contribution is 6.30. The van der Waals surface area contributed by atoms with E-state index in [1.165, 1.54) is 112 Å². The Morgan fingerprint density at radius 3 is 1.86 bits per heavy atom. The minimum atomic E-state index is 0.206. The van der Waals surface area contributed by atoms with E-state index in [-0.39, 0.29) is 12.1 Å². The molecule has 2 aliphatic heterocycles. The molecular formula is C55H76ClN9. The number of aryl methyl sites for hydroxylation is 2. The highest BCUT2D eigenvalue weighted by Crippen LogP contribution is 2.33. The maximum Gasteiger partial charge on any atom is 0.0921 e. The maximum absolute atomic E-state index is 6.03. The number of aromatic nitrogens is 5. The van der Waals surface area contributed by atoms with Gasteiger partial charge in [0.2, 0.25) is 0 Å². The first kappa shape index (κ1) is 49.8. The molecule has 0 aliphatic carbocycles. The lowest BCUT2D eigenvalue weighted by molar-refractivity contribution is 0.125. The molecule has 65 heavy (non-hydrogen) atoms. The van der Waals surface area contributed by atoms with Crippen molar-refractivity contribution in [3.63, 3.8) is 0 Å². The molecule has 348 valence electrons. The van der Waals surface area contributed by atoms with Crippen LogP contribution < -0.4 is 5.32 Å². The number of imidazole rings is 1. The largest absolute Gasteiger partial charge is 0.367 e. The first-order valence-corrected chi connectivity index (χ1v) is 24.9. The van der Waals surface area contributed by atoms with Crippen LogP contribution in [-0.2, 0) is 12.8 Å². The molecule has 0 bridgehead atoms. The van der Waals surface area contributed by atoms with Gasteiger partial charge in [-0.05, 0) is 150 Å². The fraction of sp³-hybridized carbons (Fsp3) is 0.473. The van der Waals surface area contributed by atoms with E-state index in [1.807, 2.05) is 49.1 Å². The molecule has 2 aliphatic rings. The predicted molar refractivity (Wildman–Crippen MR) is 270 cm³/mol. The zero-order valence-corrected chi connectivity index (χ0v) is 40.3. The summed E-state index contributed by atoms with van der Waals surface area (Å²) in [6, 6.07) is 32.0. The first-order chi connectivity index (χ1) is 32.0. The molecule has 3 N–H and O–H groups in total. The molecule has 2 aromatic carbocycles. The molecule has 10 heteroatoms. The third-order valence-corrected chi connectivity index (χ3v) is 13.2. The summed E-state index contributed by atoms with van der Waals surface area (Å²) < 4.78 is 0. The minimum Gasteiger partial charge on any atom is -0.367 e. The molecule has 6 heterocycles. The number of nitrogens with zero attached hydrogens (tertiary/aromatic N) is 6. The molecule has 0 spiro atoms. The van der Waals surface area contributed by atoms with Gasteiger partial charge < -0.3 is 20.2 Å². The van der Waals surface area contributed by atoms with Crippen molar-refractivity contribution in [1.29, 1.82) is 0 Å². The SMILES string of the molecule is CCCCCCCCNCCCCc1cc[nH]c1.CN1CCN(C(c2ccc(Cl)cc2)c2ccccn2)CC1.Cc1ccc(C(c2ccccn2)N2CCC(Cc3cnc[nH]3)CC2)cc1. The van der Waals surface area contributed by atoms with E-state index < -0.39 is 0 Å². The number of nitrogens with one attached hydrogen (secondary N) is 3. The molecule has 0 amide bonds. The second-order valence-electron chi connectivity index (χ2n) is 18.1. The Labute approximate surface area is 395 Å². The molecule has 2 unspecified atom stereocenters. The topological polar surface area (TPSA) is 92.0 Å². The second kappa shape index (κ2) is 28.4. The number of halogens is 1. The van der Waals surface area contributed by atoms with Crippen molar-refractivity contribution in [2.45, 2.75) is 103 Å². The number of piperidine rings is 1. The fourth-order valence-electron chi connectivity index (χ4n) is 9.06. The highest BCUT2D eigenvalue weighted by Gasteiger charge is 2.29. The molecule has 2 atom stereocenters. The summed E-state index contributed by atoms with van der Waals surface area (Å²) in [5.41, 5.74) is 8.82. The lowest BCUT2D eigenvalue weighted by Gasteiger charge is -2.38. The predicted octanol–water partition coefficient (Wildman–Crippen LogP) is 11.5. The lowest BCUT2D eigenvalue weighted by atomic mass is 9.90. The van der Waals surface area contributed by atoms with Crippen LogP contribution in [0.15, 0.2) is 128 Å². The van der Waals surface area contributed by atoms with Crippen LogP contribution in [0, 0.1) is 12.8 Å². The Hall–Kier alpha value is -4.64. The lowest BCUT2D eigenvalue weighted by Crippen LogP contribution is -2.46. The van der Waals surface area contributed by atoms with Crippen LogP contribution in [0.5, 0.6) is 0 Å². The van der Waals surface area contributed by atoms with Gasteiger partial charge in [-0.25, -0.2) is 4.98 Å². The summed E-state index contributed by atoms with van der Waals surface area (Å²) in [5, 5.41) is 4.32. The van der Waals surface area contributed by atoms with Crippen molar-refractivity contribution < 1.29 is 0 Å². The fourth-order valence-corrected chi connectivity index (χ4v) is 9.18. The molecule has 0 radical (unpaired) electrons.